The van der Waals surface area contributed by atoms with Crippen molar-refractivity contribution in [3.63, 3.8) is 0 Å². The maximum absolute atomic E-state index is 11.7. The average Bonchev–Trinajstić information content (AvgIpc) is 2.65. The van der Waals surface area contributed by atoms with Gasteiger partial charge in [-0.25, -0.2) is 14.8 Å². The zero-order valence-corrected chi connectivity index (χ0v) is 14.8. The molecule has 0 spiro atoms. The fourth-order valence-electron chi connectivity index (χ4n) is 2.23. The van der Waals surface area contributed by atoms with E-state index in [-0.39, 0.29) is 5.97 Å². The Morgan fingerprint density at radius 1 is 0.962 bits per heavy atom. The highest BCUT2D eigenvalue weighted by molar-refractivity contribution is 6.30. The highest BCUT2D eigenvalue weighted by Gasteiger charge is 2.06. The molecule has 2 N–H and O–H groups in total. The van der Waals surface area contributed by atoms with Crippen molar-refractivity contribution in [2.75, 3.05) is 17.2 Å². The van der Waals surface area contributed by atoms with Gasteiger partial charge in [0.25, 0.3) is 0 Å². The van der Waals surface area contributed by atoms with Crippen molar-refractivity contribution >= 4 is 40.6 Å². The number of carbonyl (C=O) groups excluding carboxylic acids is 1. The van der Waals surface area contributed by atoms with Crippen LogP contribution in [0.3, 0.4) is 0 Å². The SMILES string of the molecule is CCOC(=O)c1ccc(Nc2cc(Nc3ccc(Cl)cc3)ncn2)cc1. The van der Waals surface area contributed by atoms with Crippen molar-refractivity contribution in [3.05, 3.63) is 71.5 Å². The molecule has 0 bridgehead atoms. The molecule has 0 fully saturated rings. The number of aromatic nitrogens is 2. The second kappa shape index (κ2) is 8.31. The minimum absolute atomic E-state index is 0.337. The van der Waals surface area contributed by atoms with Gasteiger partial charge < -0.3 is 15.4 Å². The number of anilines is 4. The van der Waals surface area contributed by atoms with Crippen LogP contribution in [0.5, 0.6) is 0 Å². The van der Waals surface area contributed by atoms with Crippen LogP contribution < -0.4 is 10.6 Å². The standard InChI is InChI=1S/C19H17ClN4O2/c1-2-26-19(25)13-3-7-15(8-4-13)23-17-11-18(22-12-21-17)24-16-9-5-14(20)6-10-16/h3-12H,2H2,1H3,(H2,21,22,23,24). The van der Waals surface area contributed by atoms with E-state index in [9.17, 15) is 4.79 Å². The number of esters is 1. The molecule has 0 aliphatic heterocycles. The molecule has 7 heteroatoms. The van der Waals surface area contributed by atoms with Crippen molar-refractivity contribution in [1.82, 2.24) is 9.97 Å². The first-order valence-electron chi connectivity index (χ1n) is 8.03. The predicted octanol–water partition coefficient (Wildman–Crippen LogP) is 4.79. The van der Waals surface area contributed by atoms with Crippen LogP contribution in [-0.4, -0.2) is 22.5 Å². The summed E-state index contributed by atoms with van der Waals surface area (Å²) >= 11 is 5.89. The molecule has 0 unspecified atom stereocenters. The van der Waals surface area contributed by atoms with Crippen LogP contribution in [-0.2, 0) is 4.74 Å². The highest BCUT2D eigenvalue weighted by atomic mass is 35.5. The Bertz CT molecular complexity index is 883. The number of rotatable bonds is 6. The summed E-state index contributed by atoms with van der Waals surface area (Å²) in [4.78, 5) is 20.1. The summed E-state index contributed by atoms with van der Waals surface area (Å²) in [5.41, 5.74) is 2.18. The molecule has 132 valence electrons. The Kier molecular flexibility index (Phi) is 5.66. The van der Waals surface area contributed by atoms with Crippen LogP contribution in [0, 0.1) is 0 Å². The van der Waals surface area contributed by atoms with Gasteiger partial charge in [-0.2, -0.15) is 0 Å². The summed E-state index contributed by atoms with van der Waals surface area (Å²) in [5.74, 6) is 0.934. The molecule has 6 nitrogen and oxygen atoms in total. The van der Waals surface area contributed by atoms with Crippen LogP contribution >= 0.6 is 11.6 Å². The third-order valence-corrected chi connectivity index (χ3v) is 3.70. The lowest BCUT2D eigenvalue weighted by Gasteiger charge is -2.09. The van der Waals surface area contributed by atoms with E-state index in [1.807, 2.05) is 12.1 Å². The van der Waals surface area contributed by atoms with Gasteiger partial charge in [0.2, 0.25) is 0 Å². The third-order valence-electron chi connectivity index (χ3n) is 3.45. The topological polar surface area (TPSA) is 76.1 Å². The Labute approximate surface area is 156 Å². The van der Waals surface area contributed by atoms with Gasteiger partial charge >= 0.3 is 5.97 Å². The molecule has 0 amide bonds. The number of ether oxygens (including phenoxy) is 1. The smallest absolute Gasteiger partial charge is 0.338 e. The summed E-state index contributed by atoms with van der Waals surface area (Å²) < 4.78 is 4.97. The zero-order chi connectivity index (χ0) is 18.4. The van der Waals surface area contributed by atoms with Crippen LogP contribution in [0.2, 0.25) is 5.02 Å². The molecule has 0 radical (unpaired) electrons. The van der Waals surface area contributed by atoms with E-state index in [1.165, 1.54) is 6.33 Å². The number of hydrogen-bond donors (Lipinski definition) is 2. The predicted molar refractivity (Wildman–Crippen MR) is 102 cm³/mol. The minimum Gasteiger partial charge on any atom is -0.462 e. The molecule has 26 heavy (non-hydrogen) atoms. The van der Waals surface area contributed by atoms with Crippen LogP contribution in [0.1, 0.15) is 17.3 Å². The molecule has 3 rings (SSSR count). The molecule has 2 aromatic carbocycles. The van der Waals surface area contributed by atoms with Gasteiger partial charge in [0.15, 0.2) is 0 Å². The first kappa shape index (κ1) is 17.7. The Hall–Kier alpha value is -3.12. The number of nitrogens with one attached hydrogen (secondary N) is 2. The fourth-order valence-corrected chi connectivity index (χ4v) is 2.35. The zero-order valence-electron chi connectivity index (χ0n) is 14.1. The summed E-state index contributed by atoms with van der Waals surface area (Å²) in [6.45, 7) is 2.13. The molecule has 0 aliphatic carbocycles. The van der Waals surface area contributed by atoms with Gasteiger partial charge in [0, 0.05) is 22.5 Å². The van der Waals surface area contributed by atoms with Gasteiger partial charge in [-0.15, -0.1) is 0 Å². The average molecular weight is 369 g/mol. The molecular weight excluding hydrogens is 352 g/mol. The molecule has 3 aromatic rings. The van der Waals surface area contributed by atoms with Crippen molar-refractivity contribution in [2.45, 2.75) is 6.92 Å². The van der Waals surface area contributed by atoms with E-state index in [2.05, 4.69) is 20.6 Å². The van der Waals surface area contributed by atoms with E-state index in [1.54, 1.807) is 49.4 Å². The molecule has 0 aliphatic rings. The first-order chi connectivity index (χ1) is 12.6. The van der Waals surface area contributed by atoms with E-state index in [0.29, 0.717) is 28.8 Å². The van der Waals surface area contributed by atoms with E-state index in [0.717, 1.165) is 11.4 Å². The largest absolute Gasteiger partial charge is 0.462 e. The summed E-state index contributed by atoms with van der Waals surface area (Å²) in [7, 11) is 0. The van der Waals surface area contributed by atoms with Gasteiger partial charge in [-0.1, -0.05) is 11.6 Å². The van der Waals surface area contributed by atoms with Crippen molar-refractivity contribution in [2.24, 2.45) is 0 Å². The summed E-state index contributed by atoms with van der Waals surface area (Å²) in [6, 6.07) is 16.1. The van der Waals surface area contributed by atoms with E-state index in [4.69, 9.17) is 16.3 Å². The fraction of sp³-hybridized carbons (Fsp3) is 0.105. The molecular formula is C19H17ClN4O2. The second-order valence-corrected chi connectivity index (χ2v) is 5.78. The van der Waals surface area contributed by atoms with Gasteiger partial charge in [-0.05, 0) is 55.5 Å². The molecule has 0 atom stereocenters. The summed E-state index contributed by atoms with van der Waals surface area (Å²) in [6.07, 6.45) is 1.47. The third kappa shape index (κ3) is 4.70. The maximum Gasteiger partial charge on any atom is 0.338 e. The number of carbonyl (C=O) groups is 1. The van der Waals surface area contributed by atoms with E-state index < -0.39 is 0 Å². The summed E-state index contributed by atoms with van der Waals surface area (Å²) in [5, 5.41) is 7.03. The molecule has 0 saturated heterocycles. The lowest BCUT2D eigenvalue weighted by Crippen LogP contribution is -2.04. The van der Waals surface area contributed by atoms with Gasteiger partial charge in [0.05, 0.1) is 12.2 Å². The highest BCUT2D eigenvalue weighted by Crippen LogP contribution is 2.21. The normalized spacial score (nSPS) is 10.2. The molecule has 0 saturated carbocycles. The number of hydrogen-bond acceptors (Lipinski definition) is 6. The Morgan fingerprint density at radius 2 is 1.50 bits per heavy atom. The Balaban J connectivity index is 1.68. The monoisotopic (exact) mass is 368 g/mol. The first-order valence-corrected chi connectivity index (χ1v) is 8.40. The van der Waals surface area contributed by atoms with Crippen LogP contribution in [0.4, 0.5) is 23.0 Å². The Morgan fingerprint density at radius 3 is 2.04 bits per heavy atom. The molecule has 1 aromatic heterocycles. The van der Waals surface area contributed by atoms with Gasteiger partial charge in [0.1, 0.15) is 18.0 Å². The lowest BCUT2D eigenvalue weighted by molar-refractivity contribution is 0.0526. The van der Waals surface area contributed by atoms with Crippen molar-refractivity contribution < 1.29 is 9.53 Å². The lowest BCUT2D eigenvalue weighted by atomic mass is 10.2. The quantitative estimate of drug-likeness (QED) is 0.609. The van der Waals surface area contributed by atoms with Crippen molar-refractivity contribution in [1.29, 1.82) is 0 Å². The minimum atomic E-state index is -0.337. The van der Waals surface area contributed by atoms with Crippen LogP contribution in [0.25, 0.3) is 0 Å². The second-order valence-electron chi connectivity index (χ2n) is 5.34. The number of halogens is 1. The van der Waals surface area contributed by atoms with E-state index >= 15 is 0 Å². The van der Waals surface area contributed by atoms with Gasteiger partial charge in [-0.3, -0.25) is 0 Å². The number of nitrogens with zero attached hydrogens (tertiary/aromatic N) is 2. The maximum atomic E-state index is 11.7. The molecule has 1 heterocycles. The van der Waals surface area contributed by atoms with Crippen molar-refractivity contribution in [3.8, 4) is 0 Å². The number of benzene rings is 2. The van der Waals surface area contributed by atoms with Crippen LogP contribution in [0.15, 0.2) is 60.9 Å².